The van der Waals surface area contributed by atoms with Gasteiger partial charge >= 0.3 is 0 Å². The molecule has 0 aliphatic carbocycles. The van der Waals surface area contributed by atoms with E-state index < -0.39 is 0 Å². The molecular weight excluding hydrogens is 190 g/mol. The van der Waals surface area contributed by atoms with Crippen molar-refractivity contribution in [1.82, 2.24) is 9.97 Å². The van der Waals surface area contributed by atoms with Gasteiger partial charge in [0.2, 0.25) is 5.88 Å². The van der Waals surface area contributed by atoms with Crippen LogP contribution in [0.1, 0.15) is 5.56 Å². The summed E-state index contributed by atoms with van der Waals surface area (Å²) in [4.78, 5) is 7.79. The maximum Gasteiger partial charge on any atom is 0.222 e. The summed E-state index contributed by atoms with van der Waals surface area (Å²) in [5.74, 6) is 1.28. The van der Waals surface area contributed by atoms with Gasteiger partial charge in [-0.3, -0.25) is 0 Å². The molecule has 76 valence electrons. The largest absolute Gasteiger partial charge is 0.439 e. The lowest BCUT2D eigenvalue weighted by Gasteiger charge is -2.07. The van der Waals surface area contributed by atoms with Crippen LogP contribution < -0.4 is 10.5 Å². The Bertz CT molecular complexity index is 457. The number of rotatable bonds is 2. The lowest BCUT2D eigenvalue weighted by molar-refractivity contribution is 0.458. The number of anilines is 1. The third kappa shape index (κ3) is 2.22. The monoisotopic (exact) mass is 201 g/mol. The lowest BCUT2D eigenvalue weighted by Crippen LogP contribution is -1.92. The molecule has 0 bridgehead atoms. The molecule has 0 radical (unpaired) electrons. The Morgan fingerprint density at radius 3 is 2.80 bits per heavy atom. The highest BCUT2D eigenvalue weighted by molar-refractivity contribution is 5.47. The van der Waals surface area contributed by atoms with Gasteiger partial charge in [0.05, 0.1) is 0 Å². The third-order valence-electron chi connectivity index (χ3n) is 1.97. The van der Waals surface area contributed by atoms with E-state index in [0.29, 0.717) is 5.88 Å². The van der Waals surface area contributed by atoms with Crippen LogP contribution in [0.15, 0.2) is 36.8 Å². The minimum atomic E-state index is 0.526. The fraction of sp³-hybridized carbons (Fsp3) is 0.0909. The number of aromatic nitrogens is 2. The van der Waals surface area contributed by atoms with E-state index in [0.717, 1.165) is 17.0 Å². The van der Waals surface area contributed by atoms with Gasteiger partial charge in [0.15, 0.2) is 0 Å². The minimum Gasteiger partial charge on any atom is -0.439 e. The highest BCUT2D eigenvalue weighted by Crippen LogP contribution is 2.24. The van der Waals surface area contributed by atoms with Crippen LogP contribution >= 0.6 is 0 Å². The average molecular weight is 201 g/mol. The first kappa shape index (κ1) is 9.45. The molecule has 0 unspecified atom stereocenters. The van der Waals surface area contributed by atoms with E-state index in [2.05, 4.69) is 9.97 Å². The number of aryl methyl sites for hydroxylation is 1. The highest BCUT2D eigenvalue weighted by atomic mass is 16.5. The predicted molar refractivity (Wildman–Crippen MR) is 57.7 cm³/mol. The van der Waals surface area contributed by atoms with Crippen molar-refractivity contribution in [2.45, 2.75) is 6.92 Å². The first-order chi connectivity index (χ1) is 7.25. The Morgan fingerprint density at radius 1 is 1.27 bits per heavy atom. The molecule has 0 spiro atoms. The molecule has 1 aromatic carbocycles. The molecule has 0 aliphatic heterocycles. The molecule has 0 fully saturated rings. The van der Waals surface area contributed by atoms with Gasteiger partial charge in [-0.05, 0) is 30.7 Å². The number of hydrogen-bond acceptors (Lipinski definition) is 4. The molecule has 0 saturated carbocycles. The fourth-order valence-corrected chi connectivity index (χ4v) is 1.24. The number of nitrogen functional groups attached to an aromatic ring is 1. The smallest absolute Gasteiger partial charge is 0.222 e. The minimum absolute atomic E-state index is 0.526. The maximum absolute atomic E-state index is 5.64. The molecule has 2 rings (SSSR count). The molecule has 1 heterocycles. The Hall–Kier alpha value is -2.10. The molecular formula is C11H11N3O. The average Bonchev–Trinajstić information content (AvgIpc) is 2.24. The first-order valence-corrected chi connectivity index (χ1v) is 4.56. The van der Waals surface area contributed by atoms with E-state index in [1.165, 1.54) is 6.33 Å². The van der Waals surface area contributed by atoms with Gasteiger partial charge < -0.3 is 10.5 Å². The summed E-state index contributed by atoms with van der Waals surface area (Å²) >= 11 is 0. The Kier molecular flexibility index (Phi) is 2.49. The second-order valence-corrected chi connectivity index (χ2v) is 3.17. The van der Waals surface area contributed by atoms with Crippen molar-refractivity contribution >= 4 is 5.69 Å². The SMILES string of the molecule is Cc1cc(N)ccc1Oc1ccncn1. The molecule has 15 heavy (non-hydrogen) atoms. The van der Waals surface area contributed by atoms with E-state index in [4.69, 9.17) is 10.5 Å². The van der Waals surface area contributed by atoms with E-state index in [1.807, 2.05) is 19.1 Å². The van der Waals surface area contributed by atoms with Crippen molar-refractivity contribution in [3.63, 3.8) is 0 Å². The van der Waals surface area contributed by atoms with E-state index in [9.17, 15) is 0 Å². The van der Waals surface area contributed by atoms with Gasteiger partial charge in [0.25, 0.3) is 0 Å². The van der Waals surface area contributed by atoms with E-state index in [1.54, 1.807) is 18.3 Å². The molecule has 0 aliphatic rings. The van der Waals surface area contributed by atoms with Crippen molar-refractivity contribution in [1.29, 1.82) is 0 Å². The van der Waals surface area contributed by atoms with Gasteiger partial charge in [-0.2, -0.15) is 0 Å². The van der Waals surface area contributed by atoms with Crippen LogP contribution in [0.2, 0.25) is 0 Å². The third-order valence-corrected chi connectivity index (χ3v) is 1.97. The van der Waals surface area contributed by atoms with Crippen LogP contribution in [0.3, 0.4) is 0 Å². The van der Waals surface area contributed by atoms with Crippen LogP contribution in [0, 0.1) is 6.92 Å². The second-order valence-electron chi connectivity index (χ2n) is 3.17. The van der Waals surface area contributed by atoms with Crippen molar-refractivity contribution in [3.8, 4) is 11.6 Å². The van der Waals surface area contributed by atoms with Crippen LogP contribution in [0.4, 0.5) is 5.69 Å². The fourth-order valence-electron chi connectivity index (χ4n) is 1.24. The summed E-state index contributed by atoms with van der Waals surface area (Å²) < 4.78 is 5.56. The van der Waals surface area contributed by atoms with Crippen LogP contribution in [-0.2, 0) is 0 Å². The number of nitrogens with zero attached hydrogens (tertiary/aromatic N) is 2. The summed E-state index contributed by atoms with van der Waals surface area (Å²) in [6.45, 7) is 1.94. The topological polar surface area (TPSA) is 61.0 Å². The molecule has 0 saturated heterocycles. The molecule has 2 aromatic rings. The highest BCUT2D eigenvalue weighted by Gasteiger charge is 2.01. The Balaban J connectivity index is 2.25. The number of nitrogens with two attached hydrogens (primary N) is 1. The standard InChI is InChI=1S/C11H11N3O/c1-8-6-9(12)2-3-10(8)15-11-4-5-13-7-14-11/h2-7H,12H2,1H3. The van der Waals surface area contributed by atoms with Gasteiger partial charge in [-0.15, -0.1) is 0 Å². The molecule has 4 heteroatoms. The summed E-state index contributed by atoms with van der Waals surface area (Å²) in [7, 11) is 0. The maximum atomic E-state index is 5.64. The zero-order valence-electron chi connectivity index (χ0n) is 8.34. The summed E-state index contributed by atoms with van der Waals surface area (Å²) in [6.07, 6.45) is 3.08. The summed E-state index contributed by atoms with van der Waals surface area (Å²) in [5, 5.41) is 0. The summed E-state index contributed by atoms with van der Waals surface area (Å²) in [6, 6.07) is 7.18. The lowest BCUT2D eigenvalue weighted by atomic mass is 10.2. The van der Waals surface area contributed by atoms with Gasteiger partial charge in [-0.25, -0.2) is 9.97 Å². The van der Waals surface area contributed by atoms with Gasteiger partial charge in [-0.1, -0.05) is 0 Å². The second kappa shape index (κ2) is 3.96. The van der Waals surface area contributed by atoms with Crippen molar-refractivity contribution < 1.29 is 4.74 Å². The normalized spacial score (nSPS) is 9.93. The Labute approximate surface area is 87.7 Å². The number of hydrogen-bond donors (Lipinski definition) is 1. The number of benzene rings is 1. The predicted octanol–water partition coefficient (Wildman–Crippen LogP) is 2.16. The van der Waals surface area contributed by atoms with Crippen molar-refractivity contribution in [2.75, 3.05) is 5.73 Å². The number of ether oxygens (including phenoxy) is 1. The van der Waals surface area contributed by atoms with Gasteiger partial charge in [0, 0.05) is 18.0 Å². The molecule has 2 N–H and O–H groups in total. The van der Waals surface area contributed by atoms with E-state index >= 15 is 0 Å². The van der Waals surface area contributed by atoms with Crippen LogP contribution in [-0.4, -0.2) is 9.97 Å². The zero-order chi connectivity index (χ0) is 10.7. The zero-order valence-corrected chi connectivity index (χ0v) is 8.34. The molecule has 0 atom stereocenters. The first-order valence-electron chi connectivity index (χ1n) is 4.56. The molecule has 4 nitrogen and oxygen atoms in total. The van der Waals surface area contributed by atoms with E-state index in [-0.39, 0.29) is 0 Å². The van der Waals surface area contributed by atoms with Gasteiger partial charge in [0.1, 0.15) is 12.1 Å². The van der Waals surface area contributed by atoms with Crippen LogP contribution in [0.25, 0.3) is 0 Å². The summed E-state index contributed by atoms with van der Waals surface area (Å²) in [5.41, 5.74) is 7.34. The Morgan fingerprint density at radius 2 is 2.13 bits per heavy atom. The van der Waals surface area contributed by atoms with Crippen LogP contribution in [0.5, 0.6) is 11.6 Å². The van der Waals surface area contributed by atoms with Crippen molar-refractivity contribution in [2.24, 2.45) is 0 Å². The van der Waals surface area contributed by atoms with Crippen molar-refractivity contribution in [3.05, 3.63) is 42.4 Å². The quantitative estimate of drug-likeness (QED) is 0.756. The molecule has 1 aromatic heterocycles. The molecule has 0 amide bonds.